The van der Waals surface area contributed by atoms with E-state index in [4.69, 9.17) is 33.2 Å². The summed E-state index contributed by atoms with van der Waals surface area (Å²) >= 11 is 0. The molecular formula is C27H34O16. The number of carbonyl (C=O) groups excluding carboxylic acids is 4. The largest absolute Gasteiger partial charge is 0.508 e. The lowest BCUT2D eigenvalue weighted by atomic mass is 9.98. The smallest absolute Gasteiger partial charge is 0.331 e. The molecule has 16 nitrogen and oxygen atoms in total. The Morgan fingerprint density at radius 1 is 0.884 bits per heavy atom. The van der Waals surface area contributed by atoms with Gasteiger partial charge in [-0.3, -0.25) is 14.4 Å². The van der Waals surface area contributed by atoms with Crippen LogP contribution in [0.1, 0.15) is 26.3 Å². The number of esters is 4. The zero-order valence-electron chi connectivity index (χ0n) is 23.4. The maximum absolute atomic E-state index is 12.9. The molecule has 3 rings (SSSR count). The number of aliphatic hydroxyl groups excluding tert-OH is 4. The number of hydrogen-bond acceptors (Lipinski definition) is 16. The van der Waals surface area contributed by atoms with E-state index in [-0.39, 0.29) is 5.75 Å². The van der Waals surface area contributed by atoms with Crippen molar-refractivity contribution in [1.82, 2.24) is 0 Å². The van der Waals surface area contributed by atoms with Crippen molar-refractivity contribution in [2.75, 3.05) is 19.8 Å². The monoisotopic (exact) mass is 614 g/mol. The van der Waals surface area contributed by atoms with Crippen LogP contribution in [0.15, 0.2) is 30.3 Å². The SMILES string of the molecule is CC(=O)OC[C@H]1O[C@@](COC(C)=O)(O[C@H]2O[C@H](CO)[C@@H](O)[C@H](O)[C@H]2OC(C)=O)[C@@H](OC(=O)/C=C/c2ccc(O)cc2)[C@@H]1O. The summed E-state index contributed by atoms with van der Waals surface area (Å²) in [4.78, 5) is 48.0. The van der Waals surface area contributed by atoms with Gasteiger partial charge in [0, 0.05) is 26.8 Å². The zero-order valence-corrected chi connectivity index (χ0v) is 23.4. The second kappa shape index (κ2) is 14.7. The Morgan fingerprint density at radius 2 is 1.53 bits per heavy atom. The molecule has 1 aromatic rings. The Kier molecular flexibility index (Phi) is 11.6. The number of phenolic OH excluding ortho intramolecular Hbond substituents is 1. The second-order valence-electron chi connectivity index (χ2n) is 9.72. The molecule has 5 N–H and O–H groups in total. The summed E-state index contributed by atoms with van der Waals surface area (Å²) in [6.45, 7) is 0.872. The van der Waals surface area contributed by atoms with Gasteiger partial charge in [-0.15, -0.1) is 0 Å². The van der Waals surface area contributed by atoms with Crippen molar-refractivity contribution in [3.05, 3.63) is 35.9 Å². The highest BCUT2D eigenvalue weighted by Gasteiger charge is 2.62. The van der Waals surface area contributed by atoms with Gasteiger partial charge < -0.3 is 58.7 Å². The minimum atomic E-state index is -2.44. The van der Waals surface area contributed by atoms with Crippen molar-refractivity contribution < 1.29 is 77.9 Å². The molecule has 1 aromatic carbocycles. The highest BCUT2D eigenvalue weighted by atomic mass is 16.8. The van der Waals surface area contributed by atoms with Crippen molar-refractivity contribution in [2.24, 2.45) is 0 Å². The van der Waals surface area contributed by atoms with E-state index in [9.17, 15) is 44.7 Å². The molecule has 2 aliphatic heterocycles. The molecular weight excluding hydrogens is 580 g/mol. The van der Waals surface area contributed by atoms with Gasteiger partial charge in [0.05, 0.1) is 6.61 Å². The lowest BCUT2D eigenvalue weighted by Gasteiger charge is -2.44. The van der Waals surface area contributed by atoms with Crippen LogP contribution in [0.25, 0.3) is 6.08 Å². The molecule has 0 bridgehead atoms. The van der Waals surface area contributed by atoms with Crippen LogP contribution >= 0.6 is 0 Å². The molecule has 2 aliphatic rings. The minimum Gasteiger partial charge on any atom is -0.508 e. The van der Waals surface area contributed by atoms with Crippen molar-refractivity contribution in [1.29, 1.82) is 0 Å². The van der Waals surface area contributed by atoms with Crippen LogP contribution in [-0.2, 0) is 52.3 Å². The van der Waals surface area contributed by atoms with Crippen LogP contribution in [0, 0.1) is 0 Å². The first kappa shape index (κ1) is 33.9. The highest BCUT2D eigenvalue weighted by molar-refractivity contribution is 5.87. The minimum absolute atomic E-state index is 0.00441. The third-order valence-electron chi connectivity index (χ3n) is 6.39. The van der Waals surface area contributed by atoms with Crippen LogP contribution in [0.4, 0.5) is 0 Å². The topological polar surface area (TPSA) is 234 Å². The normalized spacial score (nSPS) is 32.3. The van der Waals surface area contributed by atoms with E-state index >= 15 is 0 Å². The number of carbonyl (C=O) groups is 4. The summed E-state index contributed by atoms with van der Waals surface area (Å²) in [5.74, 6) is -6.01. The van der Waals surface area contributed by atoms with Crippen molar-refractivity contribution >= 4 is 30.0 Å². The third kappa shape index (κ3) is 8.70. The van der Waals surface area contributed by atoms with Gasteiger partial charge >= 0.3 is 23.9 Å². The van der Waals surface area contributed by atoms with E-state index in [0.717, 1.165) is 26.8 Å². The Hall–Kier alpha value is -3.64. The standard InChI is InChI=1S/C27H34O16/c1-13(29)37-11-19-22(35)25(41-20(33)9-6-16-4-7-17(32)8-5-16)27(42-19,12-38-14(2)30)43-26-24(39-15(3)31)23(36)21(34)18(10-28)40-26/h4-9,18-19,21-26,28,32,34-36H,10-12H2,1-3H3/b9-6+/t18-,19-,21-,22-,23+,24-,25+,26-,27+/m1/s1. The molecule has 0 aliphatic carbocycles. The predicted octanol–water partition coefficient (Wildman–Crippen LogP) is -1.71. The first-order valence-corrected chi connectivity index (χ1v) is 13.0. The van der Waals surface area contributed by atoms with Gasteiger partial charge in [-0.25, -0.2) is 4.79 Å². The number of ether oxygens (including phenoxy) is 7. The zero-order chi connectivity index (χ0) is 31.9. The van der Waals surface area contributed by atoms with Crippen LogP contribution in [0.3, 0.4) is 0 Å². The van der Waals surface area contributed by atoms with Crippen LogP contribution < -0.4 is 0 Å². The number of benzene rings is 1. The number of aromatic hydroxyl groups is 1. The predicted molar refractivity (Wildman–Crippen MR) is 138 cm³/mol. The van der Waals surface area contributed by atoms with Gasteiger partial charge in [0.1, 0.15) is 49.5 Å². The molecule has 0 aromatic heterocycles. The van der Waals surface area contributed by atoms with Gasteiger partial charge in [0.25, 0.3) is 0 Å². The Balaban J connectivity index is 2.00. The maximum Gasteiger partial charge on any atom is 0.331 e. The molecule has 0 unspecified atom stereocenters. The second-order valence-corrected chi connectivity index (χ2v) is 9.72. The number of phenols is 1. The van der Waals surface area contributed by atoms with Gasteiger partial charge in [-0.05, 0) is 23.8 Å². The third-order valence-corrected chi connectivity index (χ3v) is 6.39. The fourth-order valence-corrected chi connectivity index (χ4v) is 4.37. The molecule has 0 saturated carbocycles. The molecule has 0 amide bonds. The molecule has 2 heterocycles. The van der Waals surface area contributed by atoms with Gasteiger partial charge in [-0.2, -0.15) is 0 Å². The molecule has 238 valence electrons. The summed E-state index contributed by atoms with van der Waals surface area (Å²) in [6.07, 6.45) is -11.4. The van der Waals surface area contributed by atoms with Crippen molar-refractivity contribution in [3.8, 4) is 5.75 Å². The molecule has 0 spiro atoms. The van der Waals surface area contributed by atoms with E-state index < -0.39 is 98.5 Å². The fourth-order valence-electron chi connectivity index (χ4n) is 4.37. The Morgan fingerprint density at radius 3 is 2.12 bits per heavy atom. The van der Waals surface area contributed by atoms with Crippen LogP contribution in [0.5, 0.6) is 5.75 Å². The lowest BCUT2D eigenvalue weighted by molar-refractivity contribution is -0.384. The first-order chi connectivity index (χ1) is 20.3. The molecule has 16 heteroatoms. The Bertz CT molecular complexity index is 1170. The van der Waals surface area contributed by atoms with Crippen molar-refractivity contribution in [2.45, 2.75) is 75.6 Å². The average molecular weight is 615 g/mol. The van der Waals surface area contributed by atoms with E-state index in [0.29, 0.717) is 5.56 Å². The molecule has 0 radical (unpaired) electrons. The van der Waals surface area contributed by atoms with E-state index in [1.165, 1.54) is 30.3 Å². The van der Waals surface area contributed by atoms with E-state index in [1.807, 2.05) is 0 Å². The molecule has 43 heavy (non-hydrogen) atoms. The quantitative estimate of drug-likeness (QED) is 0.106. The summed E-state index contributed by atoms with van der Waals surface area (Å²) in [7, 11) is 0. The fraction of sp³-hybridized carbons (Fsp3) is 0.556. The summed E-state index contributed by atoms with van der Waals surface area (Å²) in [5, 5.41) is 51.2. The Labute approximate surface area is 245 Å². The van der Waals surface area contributed by atoms with E-state index in [2.05, 4.69) is 0 Å². The first-order valence-electron chi connectivity index (χ1n) is 13.0. The summed E-state index contributed by atoms with van der Waals surface area (Å²) < 4.78 is 38.0. The van der Waals surface area contributed by atoms with Crippen molar-refractivity contribution in [3.63, 3.8) is 0 Å². The average Bonchev–Trinajstić information content (AvgIpc) is 3.20. The van der Waals surface area contributed by atoms with Gasteiger partial charge in [-0.1, -0.05) is 12.1 Å². The van der Waals surface area contributed by atoms with E-state index in [1.54, 1.807) is 0 Å². The summed E-state index contributed by atoms with van der Waals surface area (Å²) in [5.41, 5.74) is 0.496. The number of hydrogen-bond donors (Lipinski definition) is 5. The summed E-state index contributed by atoms with van der Waals surface area (Å²) in [6, 6.07) is 5.77. The van der Waals surface area contributed by atoms with Gasteiger partial charge in [0.2, 0.25) is 12.1 Å². The highest BCUT2D eigenvalue weighted by Crippen LogP contribution is 2.39. The number of aliphatic hydroxyl groups is 4. The molecule has 9 atom stereocenters. The van der Waals surface area contributed by atoms with Crippen LogP contribution in [0.2, 0.25) is 0 Å². The maximum atomic E-state index is 12.9. The van der Waals surface area contributed by atoms with Crippen LogP contribution in [-0.4, -0.2) is 124 Å². The molecule has 2 saturated heterocycles. The lowest BCUT2D eigenvalue weighted by Crippen LogP contribution is -2.64. The number of rotatable bonds is 11. The molecule has 2 fully saturated rings. The van der Waals surface area contributed by atoms with Gasteiger partial charge in [0.15, 0.2) is 12.2 Å².